The lowest BCUT2D eigenvalue weighted by Gasteiger charge is -2.32. The molecule has 2 rings (SSSR count). The molecule has 0 aliphatic carbocycles. The number of carbonyl (C=O) groups excluding carboxylic acids is 2. The molecule has 0 spiro atoms. The number of anilines is 2. The molecule has 6 heteroatoms. The van der Waals surface area contributed by atoms with Gasteiger partial charge in [-0.3, -0.25) is 4.79 Å². The maximum Gasteiger partial charge on any atom is 0.321 e. The molecule has 0 saturated carbocycles. The second-order valence-electron chi connectivity index (χ2n) is 4.98. The fraction of sp³-hybridized carbons (Fsp3) is 0.429. The Balaban J connectivity index is 1.95. The average Bonchev–Trinajstić information content (AvgIpc) is 2.39. The SMILES string of the molecule is CC(=O)Nc1cccc(NC(=O)N2CCN(C)CC2)c1. The van der Waals surface area contributed by atoms with Crippen molar-refractivity contribution in [3.05, 3.63) is 24.3 Å². The number of nitrogens with one attached hydrogen (secondary N) is 2. The first kappa shape index (κ1) is 14.3. The Bertz CT molecular complexity index is 496. The van der Waals surface area contributed by atoms with Crippen LogP contribution in [0.4, 0.5) is 16.2 Å². The molecule has 0 unspecified atom stereocenters. The lowest BCUT2D eigenvalue weighted by Crippen LogP contribution is -2.48. The van der Waals surface area contributed by atoms with Crippen molar-refractivity contribution >= 4 is 23.3 Å². The zero-order chi connectivity index (χ0) is 14.5. The van der Waals surface area contributed by atoms with Gasteiger partial charge in [0.05, 0.1) is 0 Å². The summed E-state index contributed by atoms with van der Waals surface area (Å²) in [5.74, 6) is -0.132. The van der Waals surface area contributed by atoms with E-state index in [1.54, 1.807) is 29.2 Å². The maximum atomic E-state index is 12.1. The van der Waals surface area contributed by atoms with Gasteiger partial charge in [-0.1, -0.05) is 6.07 Å². The summed E-state index contributed by atoms with van der Waals surface area (Å²) < 4.78 is 0. The third-order valence-electron chi connectivity index (χ3n) is 3.22. The Kier molecular flexibility index (Phi) is 4.57. The van der Waals surface area contributed by atoms with Crippen molar-refractivity contribution in [3.8, 4) is 0 Å². The first-order valence-corrected chi connectivity index (χ1v) is 6.67. The lowest BCUT2D eigenvalue weighted by molar-refractivity contribution is -0.114. The summed E-state index contributed by atoms with van der Waals surface area (Å²) in [7, 11) is 2.05. The van der Waals surface area contributed by atoms with E-state index in [1.807, 2.05) is 7.05 Å². The number of amides is 3. The molecule has 3 amide bonds. The van der Waals surface area contributed by atoms with Crippen molar-refractivity contribution in [2.75, 3.05) is 43.9 Å². The first-order chi connectivity index (χ1) is 9.54. The summed E-state index contributed by atoms with van der Waals surface area (Å²) in [6, 6.07) is 7.03. The van der Waals surface area contributed by atoms with E-state index in [4.69, 9.17) is 0 Å². The minimum absolute atomic E-state index is 0.0990. The van der Waals surface area contributed by atoms with E-state index in [2.05, 4.69) is 15.5 Å². The molecule has 1 fully saturated rings. The normalized spacial score (nSPS) is 15.8. The minimum atomic E-state index is -0.132. The molecular weight excluding hydrogens is 256 g/mol. The number of benzene rings is 1. The van der Waals surface area contributed by atoms with Crippen molar-refractivity contribution < 1.29 is 9.59 Å². The van der Waals surface area contributed by atoms with Crippen molar-refractivity contribution in [2.24, 2.45) is 0 Å². The minimum Gasteiger partial charge on any atom is -0.326 e. The summed E-state index contributed by atoms with van der Waals surface area (Å²) in [5.41, 5.74) is 1.36. The molecule has 0 aromatic heterocycles. The van der Waals surface area contributed by atoms with Gasteiger partial charge in [-0.15, -0.1) is 0 Å². The number of hydrogen-bond donors (Lipinski definition) is 2. The number of nitrogens with zero attached hydrogens (tertiary/aromatic N) is 2. The van der Waals surface area contributed by atoms with Gasteiger partial charge in [-0.2, -0.15) is 0 Å². The zero-order valence-corrected chi connectivity index (χ0v) is 11.8. The van der Waals surface area contributed by atoms with Crippen molar-refractivity contribution in [2.45, 2.75) is 6.92 Å². The van der Waals surface area contributed by atoms with Crippen molar-refractivity contribution in [3.63, 3.8) is 0 Å². The van der Waals surface area contributed by atoms with Crippen LogP contribution in [0.3, 0.4) is 0 Å². The third-order valence-corrected chi connectivity index (χ3v) is 3.22. The van der Waals surface area contributed by atoms with Gasteiger partial charge < -0.3 is 20.4 Å². The summed E-state index contributed by atoms with van der Waals surface area (Å²) >= 11 is 0. The molecule has 1 aromatic rings. The van der Waals surface area contributed by atoms with E-state index in [0.29, 0.717) is 11.4 Å². The Morgan fingerprint density at radius 1 is 1.05 bits per heavy atom. The Morgan fingerprint density at radius 3 is 2.25 bits per heavy atom. The number of hydrogen-bond acceptors (Lipinski definition) is 3. The molecule has 0 bridgehead atoms. The van der Waals surface area contributed by atoms with Gasteiger partial charge in [0.2, 0.25) is 5.91 Å². The molecule has 1 aromatic carbocycles. The Labute approximate surface area is 118 Å². The summed E-state index contributed by atoms with van der Waals surface area (Å²) in [6.45, 7) is 4.69. The van der Waals surface area contributed by atoms with Crippen LogP contribution in [0.2, 0.25) is 0 Å². The van der Waals surface area contributed by atoms with Crippen LogP contribution in [0.1, 0.15) is 6.92 Å². The molecule has 0 radical (unpaired) electrons. The standard InChI is InChI=1S/C14H20N4O2/c1-11(19)15-12-4-3-5-13(10-12)16-14(20)18-8-6-17(2)7-9-18/h3-5,10H,6-9H2,1-2H3,(H,15,19)(H,16,20). The van der Waals surface area contributed by atoms with Crippen molar-refractivity contribution in [1.82, 2.24) is 9.80 Å². The number of likely N-dealkylation sites (N-methyl/N-ethyl adjacent to an activating group) is 1. The molecule has 1 aliphatic heterocycles. The van der Waals surface area contributed by atoms with E-state index < -0.39 is 0 Å². The van der Waals surface area contributed by atoms with Crippen LogP contribution in [0.15, 0.2) is 24.3 Å². The van der Waals surface area contributed by atoms with E-state index in [1.165, 1.54) is 6.92 Å². The van der Waals surface area contributed by atoms with Crippen LogP contribution in [0.5, 0.6) is 0 Å². The number of urea groups is 1. The van der Waals surface area contributed by atoms with E-state index in [-0.39, 0.29) is 11.9 Å². The molecule has 1 heterocycles. The van der Waals surface area contributed by atoms with Crippen LogP contribution in [-0.4, -0.2) is 55.0 Å². The quantitative estimate of drug-likeness (QED) is 0.858. The predicted octanol–water partition coefficient (Wildman–Crippen LogP) is 1.42. The summed E-state index contributed by atoms with van der Waals surface area (Å²) in [6.07, 6.45) is 0. The van der Waals surface area contributed by atoms with E-state index >= 15 is 0 Å². The highest BCUT2D eigenvalue weighted by atomic mass is 16.2. The number of rotatable bonds is 2. The van der Waals surface area contributed by atoms with Crippen LogP contribution in [0.25, 0.3) is 0 Å². The fourth-order valence-electron chi connectivity index (χ4n) is 2.09. The van der Waals surface area contributed by atoms with Gasteiger partial charge in [0.15, 0.2) is 0 Å². The van der Waals surface area contributed by atoms with Gasteiger partial charge in [-0.25, -0.2) is 4.79 Å². The second kappa shape index (κ2) is 6.38. The molecular formula is C14H20N4O2. The monoisotopic (exact) mass is 276 g/mol. The van der Waals surface area contributed by atoms with Crippen molar-refractivity contribution in [1.29, 1.82) is 0 Å². The molecule has 0 atom stereocenters. The molecule has 108 valence electrons. The number of carbonyl (C=O) groups is 2. The zero-order valence-electron chi connectivity index (χ0n) is 11.8. The molecule has 6 nitrogen and oxygen atoms in total. The lowest BCUT2D eigenvalue weighted by atomic mass is 10.2. The van der Waals surface area contributed by atoms with Gasteiger partial charge in [0, 0.05) is 44.5 Å². The van der Waals surface area contributed by atoms with Gasteiger partial charge in [-0.05, 0) is 25.2 Å². The van der Waals surface area contributed by atoms with E-state index in [9.17, 15) is 9.59 Å². The molecule has 1 saturated heterocycles. The van der Waals surface area contributed by atoms with Crippen LogP contribution in [0, 0.1) is 0 Å². The highest BCUT2D eigenvalue weighted by Gasteiger charge is 2.18. The summed E-state index contributed by atoms with van der Waals surface area (Å²) in [4.78, 5) is 27.1. The Hall–Kier alpha value is -2.08. The average molecular weight is 276 g/mol. The van der Waals surface area contributed by atoms with E-state index in [0.717, 1.165) is 26.2 Å². The molecule has 1 aliphatic rings. The predicted molar refractivity (Wildman–Crippen MR) is 78.8 cm³/mol. The van der Waals surface area contributed by atoms with Crippen LogP contribution >= 0.6 is 0 Å². The first-order valence-electron chi connectivity index (χ1n) is 6.67. The van der Waals surface area contributed by atoms with Gasteiger partial charge >= 0.3 is 6.03 Å². The highest BCUT2D eigenvalue weighted by molar-refractivity contribution is 5.92. The molecule has 20 heavy (non-hydrogen) atoms. The topological polar surface area (TPSA) is 64.7 Å². The maximum absolute atomic E-state index is 12.1. The number of piperazine rings is 1. The second-order valence-corrected chi connectivity index (χ2v) is 4.98. The largest absolute Gasteiger partial charge is 0.326 e. The smallest absolute Gasteiger partial charge is 0.321 e. The van der Waals surface area contributed by atoms with Gasteiger partial charge in [0.25, 0.3) is 0 Å². The fourth-order valence-corrected chi connectivity index (χ4v) is 2.09. The van der Waals surface area contributed by atoms with Gasteiger partial charge in [0.1, 0.15) is 0 Å². The third kappa shape index (κ3) is 3.96. The molecule has 2 N–H and O–H groups in total. The van der Waals surface area contributed by atoms with Crippen LogP contribution < -0.4 is 10.6 Å². The summed E-state index contributed by atoms with van der Waals surface area (Å²) in [5, 5.41) is 5.55. The Morgan fingerprint density at radius 2 is 1.65 bits per heavy atom. The van der Waals surface area contributed by atoms with Crippen LogP contribution in [-0.2, 0) is 4.79 Å². The highest BCUT2D eigenvalue weighted by Crippen LogP contribution is 2.15.